The van der Waals surface area contributed by atoms with Gasteiger partial charge in [0.25, 0.3) is 0 Å². The van der Waals surface area contributed by atoms with Crippen LogP contribution in [-0.4, -0.2) is 37.7 Å². The molecule has 0 bridgehead atoms. The molecule has 0 fully saturated rings. The Morgan fingerprint density at radius 2 is 1.25 bits per heavy atom. The average Bonchev–Trinajstić information content (AvgIpc) is 1.00. The van der Waals surface area contributed by atoms with Crippen molar-refractivity contribution in [3.8, 4) is 0 Å². The van der Waals surface area contributed by atoms with E-state index in [1.165, 1.54) is 0 Å². The quantitative estimate of drug-likeness (QED) is 0.401. The van der Waals surface area contributed by atoms with E-state index in [2.05, 4.69) is 0 Å². The van der Waals surface area contributed by atoms with Gasteiger partial charge in [0.05, 0.1) is 0 Å². The second-order valence-corrected chi connectivity index (χ2v) is 0. The van der Waals surface area contributed by atoms with Gasteiger partial charge in [0.15, 0.2) is 0 Å². The Morgan fingerprint density at radius 1 is 1.25 bits per heavy atom. The van der Waals surface area contributed by atoms with Crippen molar-refractivity contribution < 1.29 is 25.3 Å². The Labute approximate surface area is 62.3 Å². The van der Waals surface area contributed by atoms with E-state index in [0.717, 1.165) is 0 Å². The van der Waals surface area contributed by atoms with Crippen LogP contribution in [0.3, 0.4) is 0 Å². The number of rotatable bonds is 0. The number of hydrogen-bond donors (Lipinski definition) is 0. The summed E-state index contributed by atoms with van der Waals surface area (Å²) in [5, 5.41) is 0. The fraction of sp³-hybridized carbons (Fsp3) is 0. The molecule has 0 aliphatic carbocycles. The zero-order valence-corrected chi connectivity index (χ0v) is 5.19. The molecule has 0 N–H and O–H groups in total. The summed E-state index contributed by atoms with van der Waals surface area (Å²) in [6.07, 6.45) is 0. The molecular weight excluding hydrogens is 128 g/mol. The van der Waals surface area contributed by atoms with Gasteiger partial charge in [-0.1, -0.05) is 0 Å². The van der Waals surface area contributed by atoms with Crippen molar-refractivity contribution in [2.75, 3.05) is 0 Å². The Balaban J connectivity index is -0.00000000500. The standard InChI is InChI=1S/Ca.Fe.2O/q+2;;;-2. The summed E-state index contributed by atoms with van der Waals surface area (Å²) in [4.78, 5) is 0. The summed E-state index contributed by atoms with van der Waals surface area (Å²) >= 11 is 2.00. The molecule has 0 rings (SSSR count). The minimum atomic E-state index is 0. The van der Waals surface area contributed by atoms with Crippen LogP contribution in [0.15, 0.2) is 0 Å². The molecule has 0 amide bonds. The van der Waals surface area contributed by atoms with Crippen LogP contribution in [0.25, 0.3) is 0 Å². The summed E-state index contributed by atoms with van der Waals surface area (Å²) in [6, 6.07) is 0. The van der Waals surface area contributed by atoms with Crippen molar-refractivity contribution in [2.24, 2.45) is 0 Å². The van der Waals surface area contributed by atoms with Crippen LogP contribution in [-0.2, 0) is 25.3 Å². The second-order valence-electron chi connectivity index (χ2n) is 0. The van der Waals surface area contributed by atoms with Gasteiger partial charge in [0, 0.05) is 0 Å². The molecule has 0 radical (unpaired) electrons. The maximum absolute atomic E-state index is 8.00. The van der Waals surface area contributed by atoms with Crippen molar-refractivity contribution in [1.82, 2.24) is 0 Å². The van der Waals surface area contributed by atoms with Gasteiger partial charge >= 0.3 is 57.5 Å². The molecule has 0 spiro atoms. The van der Waals surface area contributed by atoms with E-state index >= 15 is 0 Å². The summed E-state index contributed by atoms with van der Waals surface area (Å²) in [6.45, 7) is 0. The van der Waals surface area contributed by atoms with Crippen LogP contribution in [0, 0.1) is 0 Å². The third-order valence-electron chi connectivity index (χ3n) is 0. The Bertz CT molecular complexity index is 6.00. The van der Waals surface area contributed by atoms with E-state index < -0.39 is 0 Å². The molecule has 0 atom stereocenters. The molecule has 2 nitrogen and oxygen atoms in total. The molecule has 0 aromatic heterocycles. The number of hydrogen-bond acceptors (Lipinski definition) is 1. The van der Waals surface area contributed by atoms with Crippen LogP contribution in [0.2, 0.25) is 0 Å². The van der Waals surface area contributed by atoms with Crippen LogP contribution >= 0.6 is 0 Å². The Hall–Kier alpha value is 1.54. The van der Waals surface area contributed by atoms with E-state index in [9.17, 15) is 0 Å². The summed E-state index contributed by atoms with van der Waals surface area (Å²) in [5.74, 6) is 0. The average molecular weight is 128 g/mol. The summed E-state index contributed by atoms with van der Waals surface area (Å²) in [7, 11) is 0. The molecule has 0 aromatic rings. The second kappa shape index (κ2) is 24.0. The van der Waals surface area contributed by atoms with Gasteiger partial charge in [-0.3, -0.25) is 0 Å². The molecule has 0 saturated heterocycles. The van der Waals surface area contributed by atoms with Gasteiger partial charge in [-0.15, -0.1) is 0 Å². The van der Waals surface area contributed by atoms with Crippen molar-refractivity contribution in [2.45, 2.75) is 0 Å². The van der Waals surface area contributed by atoms with E-state index in [0.29, 0.717) is 0 Å². The topological polar surface area (TPSA) is 45.6 Å². The first kappa shape index (κ1) is 17.7. The van der Waals surface area contributed by atoms with Crippen molar-refractivity contribution >= 4 is 37.7 Å². The SMILES string of the molecule is [Ca+2].[O-2].[O]=[Fe]. The van der Waals surface area contributed by atoms with Gasteiger partial charge < -0.3 is 5.48 Å². The van der Waals surface area contributed by atoms with Gasteiger partial charge in [0.2, 0.25) is 0 Å². The normalized spacial score (nSPS) is 1.25. The fourth-order valence-electron chi connectivity index (χ4n) is 0. The predicted octanol–water partition coefficient (Wildman–Crippen LogP) is -0.621. The predicted molar refractivity (Wildman–Crippen MR) is 7.13 cm³/mol. The molecule has 0 aliphatic rings. The zero-order valence-electron chi connectivity index (χ0n) is 1.88. The molecule has 22 valence electrons. The van der Waals surface area contributed by atoms with E-state index in [4.69, 9.17) is 3.83 Å². The molecule has 0 unspecified atom stereocenters. The van der Waals surface area contributed by atoms with Crippen LogP contribution in [0.4, 0.5) is 0 Å². The Kier molecular flexibility index (Phi) is 106. The van der Waals surface area contributed by atoms with Crippen molar-refractivity contribution in [3.63, 3.8) is 0 Å². The first-order valence-electron chi connectivity index (χ1n) is 0.144. The third kappa shape index (κ3) is 9.63. The zero-order chi connectivity index (χ0) is 2.00. The molecule has 4 heteroatoms. The van der Waals surface area contributed by atoms with Gasteiger partial charge in [-0.05, 0) is 0 Å². The summed E-state index contributed by atoms with van der Waals surface area (Å²) < 4.78 is 8.00. The Morgan fingerprint density at radius 3 is 1.25 bits per heavy atom. The molecule has 0 heterocycles. The minimum absolute atomic E-state index is 0. The summed E-state index contributed by atoms with van der Waals surface area (Å²) in [5.41, 5.74) is 0. The monoisotopic (exact) mass is 128 g/mol. The van der Waals surface area contributed by atoms with E-state index in [1.54, 1.807) is 0 Å². The first-order chi connectivity index (χ1) is 1.00. The van der Waals surface area contributed by atoms with Crippen LogP contribution in [0.5, 0.6) is 0 Å². The maximum atomic E-state index is 8.00. The van der Waals surface area contributed by atoms with Crippen LogP contribution < -0.4 is 0 Å². The van der Waals surface area contributed by atoms with E-state index in [-0.39, 0.29) is 43.2 Å². The van der Waals surface area contributed by atoms with E-state index in [1.807, 2.05) is 15.9 Å². The van der Waals surface area contributed by atoms with Gasteiger partial charge in [0.1, 0.15) is 0 Å². The molecule has 0 aliphatic heterocycles. The van der Waals surface area contributed by atoms with Crippen molar-refractivity contribution in [1.29, 1.82) is 0 Å². The molecular formula is CaFeO2. The van der Waals surface area contributed by atoms with Crippen LogP contribution in [0.1, 0.15) is 0 Å². The third-order valence-corrected chi connectivity index (χ3v) is 0. The molecule has 0 saturated carbocycles. The van der Waals surface area contributed by atoms with Crippen molar-refractivity contribution in [3.05, 3.63) is 0 Å². The molecule has 4 heavy (non-hydrogen) atoms. The first-order valence-corrected chi connectivity index (χ1v) is 0.595. The molecule has 0 aromatic carbocycles. The van der Waals surface area contributed by atoms with Gasteiger partial charge in [-0.25, -0.2) is 0 Å². The van der Waals surface area contributed by atoms with Gasteiger partial charge in [-0.2, -0.15) is 0 Å². The fourth-order valence-corrected chi connectivity index (χ4v) is 0.